The van der Waals surface area contributed by atoms with Crippen molar-refractivity contribution in [2.45, 2.75) is 79.3 Å². The van der Waals surface area contributed by atoms with Gasteiger partial charge in [0.05, 0.1) is 35.6 Å². The Hall–Kier alpha value is -5.78. The third-order valence-electron chi connectivity index (χ3n) is 12.0. The van der Waals surface area contributed by atoms with Gasteiger partial charge in [-0.1, -0.05) is 64.0 Å². The van der Waals surface area contributed by atoms with E-state index < -0.39 is 5.54 Å². The lowest BCUT2D eigenvalue weighted by Crippen LogP contribution is -2.40. The number of aryl methyl sites for hydroxylation is 1. The van der Waals surface area contributed by atoms with Crippen molar-refractivity contribution in [3.8, 4) is 16.8 Å². The number of oxime groups is 1. The summed E-state index contributed by atoms with van der Waals surface area (Å²) in [5.74, 6) is 0.353. The van der Waals surface area contributed by atoms with E-state index in [2.05, 4.69) is 74.4 Å². The molecular weight excluding hydrogens is 705 g/mol. The second-order valence-electron chi connectivity index (χ2n) is 17.0. The van der Waals surface area contributed by atoms with Crippen LogP contribution in [0.15, 0.2) is 72.0 Å². The quantitative estimate of drug-likeness (QED) is 0.154. The zero-order valence-corrected chi connectivity index (χ0v) is 33.0. The predicted molar refractivity (Wildman–Crippen MR) is 215 cm³/mol. The standard InChI is InChI=1S/C44H48N8O4/c1-7-34-28(3)32(15-17-45-34)29-13-14-36-30(21-29)22-37(51(36)44(24-27(44)2)38-23-39(53)56-47-38)41(54)48-18-16-35-33(25-48)40(52(46-35)31-11-9-8-10-12-31)50-20-19-49(42(50)55)26-43(4,5)6/h8-15,17,21-22,27H,7,16,18-20,23-26H2,1-6H3/t27-,44-/m0/s1. The molecule has 1 aliphatic carbocycles. The highest BCUT2D eigenvalue weighted by molar-refractivity contribution is 6.10. The van der Waals surface area contributed by atoms with Crippen LogP contribution in [-0.4, -0.2) is 78.9 Å². The van der Waals surface area contributed by atoms with Crippen molar-refractivity contribution < 1.29 is 19.2 Å². The number of anilines is 1. The number of rotatable bonds is 8. The van der Waals surface area contributed by atoms with Crippen molar-refractivity contribution in [2.75, 3.05) is 31.1 Å². The van der Waals surface area contributed by atoms with Crippen molar-refractivity contribution in [3.05, 3.63) is 95.1 Å². The Morgan fingerprint density at radius 1 is 1.02 bits per heavy atom. The number of benzene rings is 2. The fraction of sp³-hybridized carbons (Fsp3) is 0.409. The van der Waals surface area contributed by atoms with E-state index >= 15 is 4.79 Å². The van der Waals surface area contributed by atoms with Gasteiger partial charge in [-0.3, -0.25) is 14.7 Å². The molecule has 6 heterocycles. The third-order valence-corrected chi connectivity index (χ3v) is 12.0. The van der Waals surface area contributed by atoms with Gasteiger partial charge in [0.25, 0.3) is 5.91 Å². The number of pyridine rings is 1. The summed E-state index contributed by atoms with van der Waals surface area (Å²) < 4.78 is 4.02. The zero-order chi connectivity index (χ0) is 39.1. The number of para-hydroxylation sites is 1. The van der Waals surface area contributed by atoms with Crippen LogP contribution in [0.25, 0.3) is 27.7 Å². The maximum atomic E-state index is 15.2. The van der Waals surface area contributed by atoms with Crippen LogP contribution in [-0.2, 0) is 34.6 Å². The van der Waals surface area contributed by atoms with Crippen LogP contribution in [0.4, 0.5) is 10.6 Å². The predicted octanol–water partition coefficient (Wildman–Crippen LogP) is 7.28. The monoisotopic (exact) mass is 752 g/mol. The number of carbonyl (C=O) groups is 3. The first-order valence-corrected chi connectivity index (χ1v) is 19.8. The maximum Gasteiger partial charge on any atom is 0.340 e. The Morgan fingerprint density at radius 2 is 1.80 bits per heavy atom. The molecule has 56 heavy (non-hydrogen) atoms. The van der Waals surface area contributed by atoms with E-state index in [0.29, 0.717) is 50.6 Å². The number of aromatic nitrogens is 4. The molecule has 0 radical (unpaired) electrons. The van der Waals surface area contributed by atoms with E-state index in [1.165, 1.54) is 0 Å². The van der Waals surface area contributed by atoms with Gasteiger partial charge in [0, 0.05) is 61.0 Å². The number of amides is 3. The summed E-state index contributed by atoms with van der Waals surface area (Å²) in [6.45, 7) is 15.3. The highest BCUT2D eigenvalue weighted by Crippen LogP contribution is 2.55. The molecule has 2 atom stereocenters. The van der Waals surface area contributed by atoms with Gasteiger partial charge < -0.3 is 19.2 Å². The molecule has 1 saturated carbocycles. The summed E-state index contributed by atoms with van der Waals surface area (Å²) in [5.41, 5.74) is 8.39. The van der Waals surface area contributed by atoms with Crippen LogP contribution >= 0.6 is 0 Å². The van der Waals surface area contributed by atoms with Gasteiger partial charge in [-0.15, -0.1) is 0 Å². The third kappa shape index (κ3) is 5.79. The van der Waals surface area contributed by atoms with Gasteiger partial charge >= 0.3 is 12.0 Å². The van der Waals surface area contributed by atoms with Gasteiger partial charge in [-0.2, -0.15) is 5.10 Å². The first-order chi connectivity index (χ1) is 26.9. The van der Waals surface area contributed by atoms with Gasteiger partial charge in [0.1, 0.15) is 11.5 Å². The molecule has 288 valence electrons. The van der Waals surface area contributed by atoms with Crippen LogP contribution < -0.4 is 4.90 Å². The minimum atomic E-state index is -0.662. The van der Waals surface area contributed by atoms with Crippen LogP contribution in [0.3, 0.4) is 0 Å². The average Bonchev–Trinajstić information content (AvgIpc) is 3.64. The molecule has 2 aromatic carbocycles. The molecule has 3 aliphatic heterocycles. The zero-order valence-electron chi connectivity index (χ0n) is 33.0. The van der Waals surface area contributed by atoms with E-state index in [1.54, 1.807) is 0 Å². The number of fused-ring (bicyclic) bond motifs is 2. The van der Waals surface area contributed by atoms with Gasteiger partial charge in [-0.05, 0) is 84.2 Å². The van der Waals surface area contributed by atoms with Crippen LogP contribution in [0.5, 0.6) is 0 Å². The van der Waals surface area contributed by atoms with Gasteiger partial charge in [-0.25, -0.2) is 14.3 Å². The number of urea groups is 1. The fourth-order valence-corrected chi connectivity index (χ4v) is 9.23. The molecule has 0 spiro atoms. The SMILES string of the molecule is CCc1nccc(-c2ccc3c(c2)cc(C(=O)N2CCc4nn(-c5ccccc5)c(N5CCN(CC(C)(C)C)C5=O)c4C2)n3[C@@]2(C3=NOC(=O)C3)C[C@@H]2C)c1C. The van der Waals surface area contributed by atoms with E-state index in [4.69, 9.17) is 9.94 Å². The molecule has 4 aliphatic rings. The number of hydrogen-bond donors (Lipinski definition) is 0. The molecule has 3 aromatic heterocycles. The van der Waals surface area contributed by atoms with Crippen LogP contribution in [0.1, 0.15) is 80.5 Å². The van der Waals surface area contributed by atoms with Gasteiger partial charge in [0.15, 0.2) is 0 Å². The van der Waals surface area contributed by atoms with Crippen molar-refractivity contribution in [3.63, 3.8) is 0 Å². The number of nitrogens with zero attached hydrogens (tertiary/aromatic N) is 8. The number of carbonyl (C=O) groups excluding carboxylic acids is 3. The molecule has 0 unspecified atom stereocenters. The second kappa shape index (κ2) is 13.2. The summed E-state index contributed by atoms with van der Waals surface area (Å²) in [5, 5.41) is 10.3. The molecule has 12 heteroatoms. The Morgan fingerprint density at radius 3 is 2.50 bits per heavy atom. The molecule has 3 amide bonds. The lowest BCUT2D eigenvalue weighted by molar-refractivity contribution is -0.140. The topological polar surface area (TPSA) is 118 Å². The van der Waals surface area contributed by atoms with E-state index in [-0.39, 0.29) is 35.7 Å². The van der Waals surface area contributed by atoms with E-state index in [0.717, 1.165) is 68.9 Å². The Bertz CT molecular complexity index is 2460. The molecular formula is C44H48N8O4. The highest BCUT2D eigenvalue weighted by atomic mass is 16.7. The Kier molecular flexibility index (Phi) is 8.44. The molecule has 2 fully saturated rings. The summed E-state index contributed by atoms with van der Waals surface area (Å²) in [4.78, 5) is 57.1. The lowest BCUT2D eigenvalue weighted by atomic mass is 9.96. The van der Waals surface area contributed by atoms with Crippen molar-refractivity contribution in [1.29, 1.82) is 0 Å². The molecule has 9 rings (SSSR count). The van der Waals surface area contributed by atoms with Crippen molar-refractivity contribution in [1.82, 2.24) is 29.1 Å². The molecule has 12 nitrogen and oxygen atoms in total. The second-order valence-corrected chi connectivity index (χ2v) is 17.0. The van der Waals surface area contributed by atoms with E-state index in [9.17, 15) is 9.59 Å². The Labute approximate surface area is 326 Å². The summed E-state index contributed by atoms with van der Waals surface area (Å²) in [7, 11) is 0. The lowest BCUT2D eigenvalue weighted by Gasteiger charge is -2.30. The van der Waals surface area contributed by atoms with Crippen LogP contribution in [0.2, 0.25) is 0 Å². The van der Waals surface area contributed by atoms with Crippen LogP contribution in [0, 0.1) is 18.3 Å². The highest BCUT2D eigenvalue weighted by Gasteiger charge is 2.60. The first kappa shape index (κ1) is 35.9. The molecule has 5 aromatic rings. The first-order valence-electron chi connectivity index (χ1n) is 19.8. The van der Waals surface area contributed by atoms with Crippen molar-refractivity contribution in [2.24, 2.45) is 16.5 Å². The Balaban J connectivity index is 1.14. The summed E-state index contributed by atoms with van der Waals surface area (Å²) in [6, 6.07) is 20.3. The molecule has 1 saturated heterocycles. The van der Waals surface area contributed by atoms with Gasteiger partial charge in [0.2, 0.25) is 0 Å². The fourth-order valence-electron chi connectivity index (χ4n) is 9.23. The summed E-state index contributed by atoms with van der Waals surface area (Å²) in [6.07, 6.45) is 4.07. The van der Waals surface area contributed by atoms with Crippen molar-refractivity contribution >= 4 is 40.3 Å². The average molecular weight is 753 g/mol. The molecule has 0 bridgehead atoms. The molecule has 0 N–H and O–H groups in total. The van der Waals surface area contributed by atoms with E-state index in [1.807, 2.05) is 68.0 Å². The smallest absolute Gasteiger partial charge is 0.332 e. The normalized spacial score (nSPS) is 20.9. The minimum absolute atomic E-state index is 0.0477. The summed E-state index contributed by atoms with van der Waals surface area (Å²) >= 11 is 0. The number of hydrogen-bond acceptors (Lipinski definition) is 7. The minimum Gasteiger partial charge on any atom is -0.332 e. The largest absolute Gasteiger partial charge is 0.340 e. The maximum absolute atomic E-state index is 15.2.